The summed E-state index contributed by atoms with van der Waals surface area (Å²) < 4.78 is 13.1. The van der Waals surface area contributed by atoms with Crippen molar-refractivity contribution in [3.63, 3.8) is 0 Å². The molecule has 298 valence electrons. The first-order chi connectivity index (χ1) is 31.7. The molecule has 64 heavy (non-hydrogen) atoms. The molecule has 0 bridgehead atoms. The molecule has 0 N–H and O–H groups in total. The number of hydrogen-bond donors (Lipinski definition) is 0. The number of furan rings is 2. The van der Waals surface area contributed by atoms with Gasteiger partial charge in [-0.05, 0) is 110 Å². The molecule has 4 aliphatic rings. The lowest BCUT2D eigenvalue weighted by Crippen LogP contribution is -2.37. The third kappa shape index (κ3) is 4.81. The van der Waals surface area contributed by atoms with Crippen molar-refractivity contribution in [1.82, 2.24) is 0 Å². The van der Waals surface area contributed by atoms with Crippen LogP contribution in [0.1, 0.15) is 22.3 Å². The highest BCUT2D eigenvalue weighted by atomic mass is 16.3. The fourth-order valence-electron chi connectivity index (χ4n) is 11.2. The van der Waals surface area contributed by atoms with Gasteiger partial charge < -0.3 is 13.7 Å². The molecular weight excluding hydrogens is 779 g/mol. The molecule has 8 aromatic carbocycles. The molecule has 0 saturated heterocycles. The summed E-state index contributed by atoms with van der Waals surface area (Å²) in [5.74, 6) is 0. The summed E-state index contributed by atoms with van der Waals surface area (Å²) in [6, 6.07) is 65.2. The van der Waals surface area contributed by atoms with Crippen molar-refractivity contribution in [3.8, 4) is 22.3 Å². The van der Waals surface area contributed by atoms with E-state index in [9.17, 15) is 0 Å². The van der Waals surface area contributed by atoms with Crippen LogP contribution in [-0.4, -0.2) is 0 Å². The Morgan fingerprint density at radius 1 is 0.359 bits per heavy atom. The average Bonchev–Trinajstić information content (AvgIpc) is 4.14. The fourth-order valence-corrected chi connectivity index (χ4v) is 11.2. The van der Waals surface area contributed by atoms with Crippen LogP contribution in [0.25, 0.3) is 89.4 Å². The van der Waals surface area contributed by atoms with Crippen LogP contribution in [0.5, 0.6) is 0 Å². The van der Waals surface area contributed by atoms with Crippen molar-refractivity contribution >= 4 is 78.5 Å². The van der Waals surface area contributed by atoms with Gasteiger partial charge in [0.05, 0.1) is 16.8 Å². The highest BCUT2D eigenvalue weighted by molar-refractivity contribution is 6.16. The van der Waals surface area contributed by atoms with Gasteiger partial charge in [0.2, 0.25) is 0 Å². The van der Waals surface area contributed by atoms with Gasteiger partial charge in [0.15, 0.2) is 0 Å². The number of hydrogen-bond acceptors (Lipinski definition) is 3. The lowest BCUT2D eigenvalue weighted by molar-refractivity contribution is 0.668. The van der Waals surface area contributed by atoms with E-state index in [1.807, 2.05) is 12.1 Å². The van der Waals surface area contributed by atoms with Crippen LogP contribution >= 0.6 is 0 Å². The Morgan fingerprint density at radius 2 is 0.797 bits per heavy atom. The van der Waals surface area contributed by atoms with E-state index in [1.54, 1.807) is 0 Å². The maximum absolute atomic E-state index is 6.54. The maximum Gasteiger partial charge on any atom is 0.136 e. The Labute approximate surface area is 369 Å². The normalized spacial score (nSPS) is 16.9. The van der Waals surface area contributed by atoms with Gasteiger partial charge in [-0.2, -0.15) is 0 Å². The van der Waals surface area contributed by atoms with Gasteiger partial charge in [-0.3, -0.25) is 0 Å². The molecule has 2 aromatic heterocycles. The highest BCUT2D eigenvalue weighted by Gasteiger charge is 2.50. The predicted octanol–water partition coefficient (Wildman–Crippen LogP) is 16.4. The third-order valence-electron chi connectivity index (χ3n) is 13.9. The van der Waals surface area contributed by atoms with Crippen LogP contribution in [0.4, 0.5) is 11.4 Å². The number of fused-ring (bicyclic) bond motifs is 14. The Hall–Kier alpha value is -8.40. The van der Waals surface area contributed by atoms with Crippen molar-refractivity contribution in [2.24, 2.45) is 5.41 Å². The Morgan fingerprint density at radius 3 is 1.36 bits per heavy atom. The molecule has 10 aromatic rings. The predicted molar refractivity (Wildman–Crippen MR) is 265 cm³/mol. The second kappa shape index (κ2) is 13.3. The van der Waals surface area contributed by atoms with E-state index in [0.717, 1.165) is 83.2 Å². The smallest absolute Gasteiger partial charge is 0.136 e. The van der Waals surface area contributed by atoms with Crippen LogP contribution in [0.2, 0.25) is 0 Å². The summed E-state index contributed by atoms with van der Waals surface area (Å²) >= 11 is 0. The van der Waals surface area contributed by atoms with Crippen molar-refractivity contribution < 1.29 is 8.83 Å². The lowest BCUT2D eigenvalue weighted by atomic mass is 9.63. The summed E-state index contributed by atoms with van der Waals surface area (Å²) in [7, 11) is 0. The summed E-state index contributed by atoms with van der Waals surface area (Å²) in [5.41, 5.74) is 20.6. The van der Waals surface area contributed by atoms with Crippen LogP contribution in [0.15, 0.2) is 238 Å². The van der Waals surface area contributed by atoms with Gasteiger partial charge in [-0.15, -0.1) is 0 Å². The molecule has 1 spiro atoms. The average molecular weight is 816 g/mol. The zero-order chi connectivity index (χ0) is 41.9. The molecule has 3 nitrogen and oxygen atoms in total. The molecule has 2 heterocycles. The van der Waals surface area contributed by atoms with Gasteiger partial charge in [0.25, 0.3) is 0 Å². The number of para-hydroxylation sites is 4. The van der Waals surface area contributed by atoms with Crippen molar-refractivity contribution in [1.29, 1.82) is 0 Å². The van der Waals surface area contributed by atoms with Crippen LogP contribution in [0, 0.1) is 5.41 Å². The zero-order valence-electron chi connectivity index (χ0n) is 34.6. The molecule has 4 aliphatic carbocycles. The number of nitrogens with zero attached hydrogens (tertiary/aromatic N) is 1. The van der Waals surface area contributed by atoms with Crippen LogP contribution in [0.3, 0.4) is 0 Å². The Balaban J connectivity index is 1.10. The Kier molecular flexibility index (Phi) is 7.32. The van der Waals surface area contributed by atoms with Crippen molar-refractivity contribution in [2.45, 2.75) is 0 Å². The van der Waals surface area contributed by atoms with Crippen LogP contribution < -0.4 is 4.90 Å². The zero-order valence-corrected chi connectivity index (χ0v) is 34.6. The molecule has 3 heteroatoms. The monoisotopic (exact) mass is 815 g/mol. The lowest BCUT2D eigenvalue weighted by Gasteiger charge is -2.46. The van der Waals surface area contributed by atoms with E-state index >= 15 is 0 Å². The third-order valence-corrected chi connectivity index (χ3v) is 13.9. The van der Waals surface area contributed by atoms with E-state index in [4.69, 9.17) is 8.83 Å². The summed E-state index contributed by atoms with van der Waals surface area (Å²) in [4.78, 5) is 2.57. The summed E-state index contributed by atoms with van der Waals surface area (Å²) in [6.45, 7) is 0. The standard InChI is InChI=1S/C61H37NO2/c1-3-18-40-38(16-1)36-50-42(40)26-15-35-61(50)51-37-39-17-2-4-19-41(39)43(51)33-34-58(61)62(52-27-9-5-20-44(52)46-24-13-31-56-59(46)48-22-7-11-29-54(48)63-56)53-28-10-6-21-45(53)47-25-14-32-57-60(47)49-23-8-12-30-55(49)64-57/h1-37H. The first-order valence-electron chi connectivity index (χ1n) is 22.0. The van der Waals surface area contributed by atoms with Gasteiger partial charge in [-0.1, -0.05) is 170 Å². The summed E-state index contributed by atoms with van der Waals surface area (Å²) in [6.07, 6.45) is 16.7. The van der Waals surface area contributed by atoms with E-state index in [1.165, 1.54) is 44.5 Å². The molecule has 0 saturated carbocycles. The van der Waals surface area contributed by atoms with Gasteiger partial charge in [0, 0.05) is 38.4 Å². The first kappa shape index (κ1) is 35.2. The van der Waals surface area contributed by atoms with E-state index in [-0.39, 0.29) is 0 Å². The number of rotatable bonds is 5. The van der Waals surface area contributed by atoms with E-state index in [0.29, 0.717) is 0 Å². The molecule has 1 atom stereocenters. The molecule has 0 amide bonds. The maximum atomic E-state index is 6.54. The Bertz CT molecular complexity index is 3680. The minimum absolute atomic E-state index is 0.685. The van der Waals surface area contributed by atoms with Crippen molar-refractivity contribution in [3.05, 3.63) is 251 Å². The van der Waals surface area contributed by atoms with Gasteiger partial charge in [0.1, 0.15) is 22.3 Å². The number of benzene rings is 8. The summed E-state index contributed by atoms with van der Waals surface area (Å²) in [5, 5.41) is 4.41. The SMILES string of the molecule is C1=CC2(C3=Cc4ccccc4C3=C1)C1=Cc3ccccc3C1=CC=C2N(c1ccccc1-c1cccc2oc3ccccc3c12)c1ccccc1-c1cccc2oc3ccccc3c12. The van der Waals surface area contributed by atoms with Crippen molar-refractivity contribution in [2.75, 3.05) is 4.90 Å². The second-order valence-electron chi connectivity index (χ2n) is 17.1. The largest absolute Gasteiger partial charge is 0.456 e. The number of anilines is 2. The molecular formula is C61H37NO2. The van der Waals surface area contributed by atoms with Gasteiger partial charge in [-0.25, -0.2) is 0 Å². The van der Waals surface area contributed by atoms with E-state index < -0.39 is 5.41 Å². The molecule has 14 rings (SSSR count). The fraction of sp³-hybridized carbons (Fsp3) is 0.0164. The van der Waals surface area contributed by atoms with Crippen LogP contribution in [-0.2, 0) is 0 Å². The molecule has 0 fully saturated rings. The van der Waals surface area contributed by atoms with Gasteiger partial charge >= 0.3 is 0 Å². The minimum Gasteiger partial charge on any atom is -0.456 e. The molecule has 0 radical (unpaired) electrons. The van der Waals surface area contributed by atoms with E-state index in [2.05, 4.69) is 217 Å². The molecule has 1 unspecified atom stereocenters. The topological polar surface area (TPSA) is 29.5 Å². The minimum atomic E-state index is -0.685. The quantitative estimate of drug-likeness (QED) is 0.173. The first-order valence-corrected chi connectivity index (χ1v) is 22.0. The highest BCUT2D eigenvalue weighted by Crippen LogP contribution is 2.64. The second-order valence-corrected chi connectivity index (χ2v) is 17.1. The molecule has 0 aliphatic heterocycles. The number of allylic oxidation sites excluding steroid dienone is 7.